The van der Waals surface area contributed by atoms with Gasteiger partial charge >= 0.3 is 0 Å². The van der Waals surface area contributed by atoms with E-state index in [9.17, 15) is 4.79 Å². The highest BCUT2D eigenvalue weighted by molar-refractivity contribution is 6.74. The van der Waals surface area contributed by atoms with Crippen molar-refractivity contribution < 1.29 is 13.6 Å². The van der Waals surface area contributed by atoms with Gasteiger partial charge in [0.25, 0.3) is 0 Å². The number of rotatable bonds is 8. The molecular weight excluding hydrogens is 346 g/mol. The summed E-state index contributed by atoms with van der Waals surface area (Å²) in [6.07, 6.45) is 3.85. The van der Waals surface area contributed by atoms with Crippen molar-refractivity contribution in [3.8, 4) is 0 Å². The van der Waals surface area contributed by atoms with Gasteiger partial charge in [-0.25, -0.2) is 0 Å². The fourth-order valence-electron chi connectivity index (χ4n) is 1.72. The van der Waals surface area contributed by atoms with Gasteiger partial charge in [0.05, 0.1) is 18.8 Å². The molecule has 0 aliphatic carbocycles. The Kier molecular flexibility index (Phi) is 8.20. The fraction of sp³-hybridized carbons (Fsp3) is 0.842. The molecule has 0 radical (unpaired) electrons. The van der Waals surface area contributed by atoms with Gasteiger partial charge < -0.3 is 14.6 Å². The summed E-state index contributed by atoms with van der Waals surface area (Å²) in [7, 11) is -3.80. The molecule has 0 saturated carbocycles. The van der Waals surface area contributed by atoms with E-state index in [0.29, 0.717) is 0 Å². The van der Waals surface area contributed by atoms with E-state index < -0.39 is 16.6 Å². The van der Waals surface area contributed by atoms with Crippen LogP contribution >= 0.6 is 0 Å². The molecule has 0 rings (SSSR count). The minimum absolute atomic E-state index is 0.0615. The highest BCUT2D eigenvalue weighted by Crippen LogP contribution is 2.39. The molecule has 0 fully saturated rings. The van der Waals surface area contributed by atoms with Crippen LogP contribution in [0.4, 0.5) is 0 Å². The van der Waals surface area contributed by atoms with Gasteiger partial charge in [-0.05, 0) is 42.3 Å². The Bertz CT molecular complexity index is 474. The van der Waals surface area contributed by atoms with Crippen LogP contribution < -0.4 is 5.73 Å². The second-order valence-electron chi connectivity index (χ2n) is 10.2. The summed E-state index contributed by atoms with van der Waals surface area (Å²) in [5, 5.41) is 0.245. The van der Waals surface area contributed by atoms with Gasteiger partial charge in [0.1, 0.15) is 0 Å². The molecule has 0 aliphatic rings. The largest absolute Gasteiger partial charge is 0.549 e. The average Bonchev–Trinajstić information content (AvgIpc) is 2.33. The highest BCUT2D eigenvalue weighted by Gasteiger charge is 2.40. The van der Waals surface area contributed by atoms with Crippen LogP contribution in [0.25, 0.3) is 0 Å². The van der Waals surface area contributed by atoms with Gasteiger partial charge in [-0.1, -0.05) is 48.5 Å². The first kappa shape index (κ1) is 24.4. The third-order valence-electron chi connectivity index (χ3n) is 5.79. The second-order valence-corrected chi connectivity index (χ2v) is 19.7. The number of carbonyl (C=O) groups excluding carboxylic acids is 1. The Morgan fingerprint density at radius 3 is 1.80 bits per heavy atom. The molecule has 148 valence electrons. The zero-order valence-electron chi connectivity index (χ0n) is 18.3. The van der Waals surface area contributed by atoms with Crippen molar-refractivity contribution in [2.45, 2.75) is 97.3 Å². The summed E-state index contributed by atoms with van der Waals surface area (Å²) >= 11 is 0. The first-order chi connectivity index (χ1) is 10.9. The van der Waals surface area contributed by atoms with E-state index in [2.05, 4.69) is 74.7 Å². The SMILES string of the molecule is C[C@H](C=CO[Si](C)(C)C(C)(C)C)[C@H](CC(N)=O)O[Si](C)(C)C(C)(C)C. The lowest BCUT2D eigenvalue weighted by molar-refractivity contribution is -0.120. The predicted molar refractivity (Wildman–Crippen MR) is 112 cm³/mol. The molecule has 4 nitrogen and oxygen atoms in total. The molecule has 0 aromatic rings. The van der Waals surface area contributed by atoms with Crippen LogP contribution in [0.15, 0.2) is 12.3 Å². The van der Waals surface area contributed by atoms with Crippen molar-refractivity contribution in [2.75, 3.05) is 0 Å². The van der Waals surface area contributed by atoms with E-state index in [1.807, 2.05) is 12.3 Å². The summed E-state index contributed by atoms with van der Waals surface area (Å²) in [6, 6.07) is 0. The molecule has 0 unspecified atom stereocenters. The summed E-state index contributed by atoms with van der Waals surface area (Å²) in [4.78, 5) is 11.5. The molecule has 0 aromatic heterocycles. The molecule has 25 heavy (non-hydrogen) atoms. The fourth-order valence-corrected chi connectivity index (χ4v) is 3.90. The molecule has 0 aliphatic heterocycles. The standard InChI is InChI=1S/C19H41NO3Si2/c1-15(12-13-22-24(8,9)18(2,3)4)16(14-17(20)21)23-25(10,11)19(5,6)7/h12-13,15-16H,14H2,1-11H3,(H2,20,21)/t15-,16+/m1/s1. The van der Waals surface area contributed by atoms with Crippen molar-refractivity contribution in [1.29, 1.82) is 0 Å². The summed E-state index contributed by atoms with van der Waals surface area (Å²) in [6.45, 7) is 24.1. The number of amides is 1. The van der Waals surface area contributed by atoms with Crippen LogP contribution in [0.5, 0.6) is 0 Å². The number of carbonyl (C=O) groups is 1. The maximum absolute atomic E-state index is 11.5. The maximum atomic E-state index is 11.5. The summed E-state index contributed by atoms with van der Waals surface area (Å²) < 4.78 is 12.6. The molecule has 1 amide bonds. The van der Waals surface area contributed by atoms with Crippen molar-refractivity contribution in [3.63, 3.8) is 0 Å². The van der Waals surface area contributed by atoms with Crippen molar-refractivity contribution in [1.82, 2.24) is 0 Å². The van der Waals surface area contributed by atoms with E-state index in [0.717, 1.165) is 0 Å². The first-order valence-corrected chi connectivity index (χ1v) is 15.0. The Morgan fingerprint density at radius 1 is 1.00 bits per heavy atom. The maximum Gasteiger partial charge on any atom is 0.249 e. The van der Waals surface area contributed by atoms with Crippen molar-refractivity contribution in [2.24, 2.45) is 11.7 Å². The van der Waals surface area contributed by atoms with Crippen LogP contribution in [0.3, 0.4) is 0 Å². The van der Waals surface area contributed by atoms with Crippen LogP contribution in [0, 0.1) is 5.92 Å². The van der Waals surface area contributed by atoms with Crippen LogP contribution in [0.1, 0.15) is 54.9 Å². The van der Waals surface area contributed by atoms with Gasteiger partial charge in [-0.15, -0.1) is 0 Å². The van der Waals surface area contributed by atoms with E-state index in [4.69, 9.17) is 14.6 Å². The molecule has 0 saturated heterocycles. The zero-order valence-corrected chi connectivity index (χ0v) is 20.3. The number of hydrogen-bond acceptors (Lipinski definition) is 3. The molecule has 0 spiro atoms. The average molecular weight is 388 g/mol. The molecule has 6 heteroatoms. The van der Waals surface area contributed by atoms with E-state index in [1.165, 1.54) is 0 Å². The Hall–Kier alpha value is -0.596. The minimum Gasteiger partial charge on any atom is -0.549 e. The molecule has 2 atom stereocenters. The minimum atomic E-state index is -1.98. The smallest absolute Gasteiger partial charge is 0.249 e. The normalized spacial score (nSPS) is 16.8. The second kappa shape index (κ2) is 8.40. The Morgan fingerprint density at radius 2 is 1.44 bits per heavy atom. The zero-order chi connectivity index (χ0) is 20.3. The Balaban J connectivity index is 5.18. The van der Waals surface area contributed by atoms with E-state index >= 15 is 0 Å². The lowest BCUT2D eigenvalue weighted by Gasteiger charge is -2.40. The van der Waals surface area contributed by atoms with Crippen molar-refractivity contribution >= 4 is 22.5 Å². The van der Waals surface area contributed by atoms with Crippen LogP contribution in [-0.4, -0.2) is 28.6 Å². The highest BCUT2D eigenvalue weighted by atomic mass is 28.4. The third kappa shape index (κ3) is 7.66. The molecule has 0 bridgehead atoms. The van der Waals surface area contributed by atoms with Crippen LogP contribution in [-0.2, 0) is 13.6 Å². The monoisotopic (exact) mass is 387 g/mol. The summed E-state index contributed by atoms with van der Waals surface area (Å²) in [5.74, 6) is -0.263. The Labute approximate surface area is 157 Å². The molecular formula is C19H41NO3Si2. The van der Waals surface area contributed by atoms with Gasteiger partial charge in [0.2, 0.25) is 14.2 Å². The van der Waals surface area contributed by atoms with Gasteiger partial charge in [-0.3, -0.25) is 4.79 Å². The molecule has 0 heterocycles. The van der Waals surface area contributed by atoms with Gasteiger partial charge in [0.15, 0.2) is 8.32 Å². The number of nitrogens with two attached hydrogens (primary N) is 1. The first-order valence-electron chi connectivity index (χ1n) is 9.21. The van der Waals surface area contributed by atoms with Crippen LogP contribution in [0.2, 0.25) is 36.3 Å². The molecule has 0 aromatic carbocycles. The number of primary amides is 1. The lowest BCUT2D eigenvalue weighted by Crippen LogP contribution is -2.46. The predicted octanol–water partition coefficient (Wildman–Crippen LogP) is 5.42. The quantitative estimate of drug-likeness (QED) is 0.446. The van der Waals surface area contributed by atoms with E-state index in [-0.39, 0.29) is 34.4 Å². The molecule has 2 N–H and O–H groups in total. The van der Waals surface area contributed by atoms with Gasteiger partial charge in [-0.2, -0.15) is 0 Å². The third-order valence-corrected chi connectivity index (χ3v) is 14.6. The van der Waals surface area contributed by atoms with E-state index in [1.54, 1.807) is 0 Å². The summed E-state index contributed by atoms with van der Waals surface area (Å²) in [5.41, 5.74) is 5.46. The van der Waals surface area contributed by atoms with Gasteiger partial charge in [0, 0.05) is 5.92 Å². The topological polar surface area (TPSA) is 61.5 Å². The lowest BCUT2D eigenvalue weighted by atomic mass is 10.0. The van der Waals surface area contributed by atoms with Crippen molar-refractivity contribution in [3.05, 3.63) is 12.3 Å². The number of hydrogen-bond donors (Lipinski definition) is 1.